The van der Waals surface area contributed by atoms with Gasteiger partial charge in [-0.25, -0.2) is 4.79 Å². The standard InChI is InChI=1S/C19H12O5S/c1-11-6-8-25-17(11)10-16-18(20)13-5-4-12(9-15(13)24-16)23-19(21)14-3-2-7-22-14/h2-10H,1H3/b16-10-. The van der Waals surface area contributed by atoms with Crippen molar-refractivity contribution in [1.82, 2.24) is 0 Å². The third-order valence-corrected chi connectivity index (χ3v) is 4.70. The molecule has 0 spiro atoms. The number of ketones is 1. The fraction of sp³-hybridized carbons (Fsp3) is 0.0526. The average Bonchev–Trinajstić information content (AvgIpc) is 3.31. The molecule has 1 aliphatic rings. The van der Waals surface area contributed by atoms with E-state index in [-0.39, 0.29) is 23.1 Å². The molecule has 5 nitrogen and oxygen atoms in total. The molecule has 0 fully saturated rings. The van der Waals surface area contributed by atoms with Gasteiger partial charge in [0.05, 0.1) is 11.8 Å². The number of ether oxygens (including phenoxy) is 2. The van der Waals surface area contributed by atoms with Crippen LogP contribution >= 0.6 is 11.3 Å². The number of allylic oxidation sites excluding steroid dienone is 1. The van der Waals surface area contributed by atoms with Gasteiger partial charge in [-0.3, -0.25) is 4.79 Å². The minimum Gasteiger partial charge on any atom is -0.457 e. The van der Waals surface area contributed by atoms with Crippen LogP contribution in [0.2, 0.25) is 0 Å². The highest BCUT2D eigenvalue weighted by atomic mass is 32.1. The Kier molecular flexibility index (Phi) is 3.74. The number of carbonyl (C=O) groups is 2. The van der Waals surface area contributed by atoms with Crippen molar-refractivity contribution in [3.05, 3.63) is 75.6 Å². The lowest BCUT2D eigenvalue weighted by Crippen LogP contribution is -2.07. The van der Waals surface area contributed by atoms with Gasteiger partial charge in [-0.2, -0.15) is 0 Å². The maximum absolute atomic E-state index is 12.4. The minimum atomic E-state index is -0.612. The first-order chi connectivity index (χ1) is 12.1. The summed E-state index contributed by atoms with van der Waals surface area (Å²) in [6.07, 6.45) is 3.13. The van der Waals surface area contributed by atoms with Crippen LogP contribution in [0.5, 0.6) is 11.5 Å². The molecule has 0 atom stereocenters. The predicted octanol–water partition coefficient (Wildman–Crippen LogP) is 4.48. The summed E-state index contributed by atoms with van der Waals surface area (Å²) in [5.41, 5.74) is 1.52. The van der Waals surface area contributed by atoms with Crippen molar-refractivity contribution >= 4 is 29.2 Å². The van der Waals surface area contributed by atoms with E-state index in [4.69, 9.17) is 13.9 Å². The zero-order valence-corrected chi connectivity index (χ0v) is 14.0. The number of hydrogen-bond donors (Lipinski definition) is 0. The number of fused-ring (bicyclic) bond motifs is 1. The number of esters is 1. The number of hydrogen-bond acceptors (Lipinski definition) is 6. The number of carbonyl (C=O) groups excluding carboxylic acids is 2. The molecule has 0 radical (unpaired) electrons. The summed E-state index contributed by atoms with van der Waals surface area (Å²) < 4.78 is 15.9. The highest BCUT2D eigenvalue weighted by Crippen LogP contribution is 2.35. The SMILES string of the molecule is Cc1ccsc1/C=C1\Oc2cc(OC(=O)c3ccco3)ccc2C1=O. The van der Waals surface area contributed by atoms with Crippen molar-refractivity contribution in [3.63, 3.8) is 0 Å². The molecule has 1 aliphatic heterocycles. The maximum Gasteiger partial charge on any atom is 0.379 e. The Morgan fingerprint density at radius 3 is 2.84 bits per heavy atom. The van der Waals surface area contributed by atoms with E-state index in [1.807, 2.05) is 18.4 Å². The Balaban J connectivity index is 1.58. The second kappa shape index (κ2) is 6.07. The molecule has 0 amide bonds. The number of benzene rings is 1. The molecular formula is C19H12O5S. The van der Waals surface area contributed by atoms with E-state index in [0.717, 1.165) is 10.4 Å². The van der Waals surface area contributed by atoms with Crippen LogP contribution in [0.25, 0.3) is 6.08 Å². The van der Waals surface area contributed by atoms with Crippen LogP contribution in [0.4, 0.5) is 0 Å². The Morgan fingerprint density at radius 1 is 1.24 bits per heavy atom. The minimum absolute atomic E-state index is 0.103. The summed E-state index contributed by atoms with van der Waals surface area (Å²) >= 11 is 1.54. The number of rotatable bonds is 3. The summed E-state index contributed by atoms with van der Waals surface area (Å²) in [5, 5.41) is 1.96. The van der Waals surface area contributed by atoms with Crippen LogP contribution in [-0.4, -0.2) is 11.8 Å². The van der Waals surface area contributed by atoms with Gasteiger partial charge in [0.1, 0.15) is 11.5 Å². The van der Waals surface area contributed by atoms with Gasteiger partial charge in [-0.05, 0) is 48.2 Å². The van der Waals surface area contributed by atoms with Crippen LogP contribution in [-0.2, 0) is 0 Å². The fourth-order valence-electron chi connectivity index (χ4n) is 2.43. The number of Topliss-reactive ketones (excluding diaryl/α,β-unsaturated/α-hetero) is 1. The molecule has 3 heterocycles. The topological polar surface area (TPSA) is 65.7 Å². The summed E-state index contributed by atoms with van der Waals surface area (Å²) in [7, 11) is 0. The highest BCUT2D eigenvalue weighted by Gasteiger charge is 2.28. The van der Waals surface area contributed by atoms with Crippen molar-refractivity contribution in [1.29, 1.82) is 0 Å². The van der Waals surface area contributed by atoms with Crippen LogP contribution in [0.15, 0.2) is 58.2 Å². The molecule has 2 aromatic heterocycles. The first-order valence-electron chi connectivity index (χ1n) is 7.50. The summed E-state index contributed by atoms with van der Waals surface area (Å²) in [6, 6.07) is 9.77. The molecule has 124 valence electrons. The zero-order valence-electron chi connectivity index (χ0n) is 13.1. The molecule has 6 heteroatoms. The smallest absolute Gasteiger partial charge is 0.379 e. The predicted molar refractivity (Wildman–Crippen MR) is 92.1 cm³/mol. The molecule has 4 rings (SSSR count). The summed E-state index contributed by atoms with van der Waals surface area (Å²) in [4.78, 5) is 25.3. The third-order valence-electron chi connectivity index (χ3n) is 3.74. The lowest BCUT2D eigenvalue weighted by atomic mass is 10.1. The average molecular weight is 352 g/mol. The second-order valence-corrected chi connectivity index (χ2v) is 6.38. The fourth-order valence-corrected chi connectivity index (χ4v) is 3.28. The van der Waals surface area contributed by atoms with Crippen molar-refractivity contribution in [2.75, 3.05) is 0 Å². The Morgan fingerprint density at radius 2 is 2.12 bits per heavy atom. The van der Waals surface area contributed by atoms with Crippen molar-refractivity contribution in [2.24, 2.45) is 0 Å². The van der Waals surface area contributed by atoms with E-state index in [1.54, 1.807) is 24.3 Å². The first-order valence-corrected chi connectivity index (χ1v) is 8.38. The van der Waals surface area contributed by atoms with Gasteiger partial charge in [0.25, 0.3) is 0 Å². The molecule has 0 saturated heterocycles. The van der Waals surface area contributed by atoms with Gasteiger partial charge in [0.2, 0.25) is 11.5 Å². The molecule has 0 aliphatic carbocycles. The number of furan rings is 1. The second-order valence-electron chi connectivity index (χ2n) is 5.43. The van der Waals surface area contributed by atoms with E-state index in [9.17, 15) is 9.59 Å². The van der Waals surface area contributed by atoms with E-state index >= 15 is 0 Å². The molecule has 1 aromatic carbocycles. The van der Waals surface area contributed by atoms with Crippen molar-refractivity contribution < 1.29 is 23.5 Å². The molecule has 0 bridgehead atoms. The quantitative estimate of drug-likeness (QED) is 0.395. The van der Waals surface area contributed by atoms with Crippen LogP contribution < -0.4 is 9.47 Å². The molecular weight excluding hydrogens is 340 g/mol. The first kappa shape index (κ1) is 15.4. The van der Waals surface area contributed by atoms with Gasteiger partial charge in [-0.1, -0.05) is 0 Å². The van der Waals surface area contributed by atoms with Crippen LogP contribution in [0.3, 0.4) is 0 Å². The van der Waals surface area contributed by atoms with Gasteiger partial charge in [0, 0.05) is 17.0 Å². The van der Waals surface area contributed by atoms with Crippen molar-refractivity contribution in [3.8, 4) is 11.5 Å². The lowest BCUT2D eigenvalue weighted by molar-refractivity contribution is 0.0701. The van der Waals surface area contributed by atoms with Gasteiger partial charge in [0.15, 0.2) is 5.76 Å². The van der Waals surface area contributed by atoms with Crippen LogP contribution in [0, 0.1) is 6.92 Å². The lowest BCUT2D eigenvalue weighted by Gasteiger charge is -2.03. The molecule has 0 N–H and O–H groups in total. The van der Waals surface area contributed by atoms with E-state index in [1.165, 1.54) is 29.7 Å². The Bertz CT molecular complexity index is 995. The molecule has 3 aromatic rings. The largest absolute Gasteiger partial charge is 0.457 e. The summed E-state index contributed by atoms with van der Waals surface area (Å²) in [6.45, 7) is 1.97. The van der Waals surface area contributed by atoms with Crippen LogP contribution in [0.1, 0.15) is 31.4 Å². The Hall–Kier alpha value is -3.12. The monoisotopic (exact) mass is 352 g/mol. The van der Waals surface area contributed by atoms with Crippen molar-refractivity contribution in [2.45, 2.75) is 6.92 Å². The summed E-state index contributed by atoms with van der Waals surface area (Å²) in [5.74, 6) is 0.212. The molecule has 25 heavy (non-hydrogen) atoms. The van der Waals surface area contributed by atoms with E-state index < -0.39 is 5.97 Å². The zero-order chi connectivity index (χ0) is 17.4. The normalized spacial score (nSPS) is 14.4. The third kappa shape index (κ3) is 2.88. The highest BCUT2D eigenvalue weighted by molar-refractivity contribution is 7.11. The maximum atomic E-state index is 12.4. The van der Waals surface area contributed by atoms with E-state index in [0.29, 0.717) is 11.3 Å². The Labute approximate surface area is 147 Å². The number of aryl methyl sites for hydroxylation is 1. The van der Waals surface area contributed by atoms with Gasteiger partial charge in [-0.15, -0.1) is 11.3 Å². The molecule has 0 saturated carbocycles. The van der Waals surface area contributed by atoms with E-state index in [2.05, 4.69) is 0 Å². The van der Waals surface area contributed by atoms with Gasteiger partial charge < -0.3 is 13.9 Å². The van der Waals surface area contributed by atoms with Gasteiger partial charge >= 0.3 is 5.97 Å². The molecule has 0 unspecified atom stereocenters. The number of thiophene rings is 1.